The number of pyridine rings is 1. The number of aromatic carboxylic acids is 1. The van der Waals surface area contributed by atoms with Crippen molar-refractivity contribution in [1.29, 1.82) is 0 Å². The van der Waals surface area contributed by atoms with Gasteiger partial charge in [-0.05, 0) is 12.1 Å². The van der Waals surface area contributed by atoms with Gasteiger partial charge in [0.1, 0.15) is 23.7 Å². The van der Waals surface area contributed by atoms with Gasteiger partial charge in [0.15, 0.2) is 5.69 Å². The zero-order valence-corrected chi connectivity index (χ0v) is 7.58. The van der Waals surface area contributed by atoms with Crippen molar-refractivity contribution in [1.82, 2.24) is 9.38 Å². The Bertz CT molecular complexity index is 532. The van der Waals surface area contributed by atoms with Crippen molar-refractivity contribution in [2.75, 3.05) is 0 Å². The molecule has 0 fully saturated rings. The molecule has 0 spiro atoms. The summed E-state index contributed by atoms with van der Waals surface area (Å²) in [5, 5.41) is 27.3. The largest absolute Gasteiger partial charge is 0.506 e. The number of imidazole rings is 1. The minimum Gasteiger partial charge on any atom is -0.506 e. The highest BCUT2D eigenvalue weighted by molar-refractivity contribution is 5.95. The first-order valence-corrected chi connectivity index (χ1v) is 4.18. The summed E-state index contributed by atoms with van der Waals surface area (Å²) in [5.41, 5.74) is -0.175. The maximum atomic E-state index is 10.8. The van der Waals surface area contributed by atoms with Gasteiger partial charge in [-0.2, -0.15) is 0 Å². The number of aliphatic hydroxyl groups excluding tert-OH is 1. The van der Waals surface area contributed by atoms with Gasteiger partial charge < -0.3 is 15.3 Å². The summed E-state index contributed by atoms with van der Waals surface area (Å²) < 4.78 is 1.35. The first-order valence-electron chi connectivity index (χ1n) is 4.18. The van der Waals surface area contributed by atoms with Crippen molar-refractivity contribution < 1.29 is 20.1 Å². The second-order valence-corrected chi connectivity index (χ2v) is 2.95. The Kier molecular flexibility index (Phi) is 2.05. The lowest BCUT2D eigenvalue weighted by Crippen LogP contribution is -1.97. The standard InChI is InChI=1S/C9H8N2O4/c12-4-6-10-7(9(14)15)8-5(13)2-1-3-11(6)8/h1-3,12-13H,4H2,(H,14,15). The van der Waals surface area contributed by atoms with Crippen molar-refractivity contribution in [3.63, 3.8) is 0 Å². The number of aromatic nitrogens is 2. The lowest BCUT2D eigenvalue weighted by Gasteiger charge is -1.98. The van der Waals surface area contributed by atoms with Gasteiger partial charge in [0.2, 0.25) is 0 Å². The summed E-state index contributed by atoms with van der Waals surface area (Å²) in [6.07, 6.45) is 1.53. The Labute approximate surface area is 84.0 Å². The molecule has 0 aliphatic carbocycles. The molecule has 6 heteroatoms. The number of hydrogen-bond acceptors (Lipinski definition) is 4. The van der Waals surface area contributed by atoms with Crippen LogP contribution in [0, 0.1) is 0 Å². The van der Waals surface area contributed by atoms with E-state index < -0.39 is 12.6 Å². The Balaban J connectivity index is 2.88. The topological polar surface area (TPSA) is 95.1 Å². The molecule has 0 radical (unpaired) electrons. The summed E-state index contributed by atoms with van der Waals surface area (Å²) in [4.78, 5) is 14.5. The van der Waals surface area contributed by atoms with Crippen molar-refractivity contribution in [2.24, 2.45) is 0 Å². The summed E-state index contributed by atoms with van der Waals surface area (Å²) in [5.74, 6) is -1.24. The first kappa shape index (κ1) is 9.47. The van der Waals surface area contributed by atoms with E-state index in [4.69, 9.17) is 10.2 Å². The number of carboxylic acid groups (broad SMARTS) is 1. The average molecular weight is 208 g/mol. The fourth-order valence-electron chi connectivity index (χ4n) is 1.44. The Hall–Kier alpha value is -2.08. The normalized spacial score (nSPS) is 10.7. The second-order valence-electron chi connectivity index (χ2n) is 2.95. The summed E-state index contributed by atoms with van der Waals surface area (Å²) in [6.45, 7) is -0.391. The molecule has 0 aliphatic heterocycles. The number of rotatable bonds is 2. The van der Waals surface area contributed by atoms with Crippen LogP contribution in [0.5, 0.6) is 5.75 Å². The number of aromatic hydroxyl groups is 1. The van der Waals surface area contributed by atoms with E-state index in [0.717, 1.165) is 0 Å². The number of fused-ring (bicyclic) bond motifs is 1. The molecule has 15 heavy (non-hydrogen) atoms. The minimum atomic E-state index is -1.24. The van der Waals surface area contributed by atoms with Crippen LogP contribution in [0.4, 0.5) is 0 Å². The molecule has 78 valence electrons. The summed E-state index contributed by atoms with van der Waals surface area (Å²) >= 11 is 0. The number of hydrogen-bond donors (Lipinski definition) is 3. The predicted molar refractivity (Wildman–Crippen MR) is 49.7 cm³/mol. The van der Waals surface area contributed by atoms with Crippen LogP contribution in [0.25, 0.3) is 5.52 Å². The molecule has 6 nitrogen and oxygen atoms in total. The number of carbonyl (C=O) groups is 1. The lowest BCUT2D eigenvalue weighted by atomic mass is 10.3. The van der Waals surface area contributed by atoms with Gasteiger partial charge >= 0.3 is 5.97 Å². The van der Waals surface area contributed by atoms with Crippen LogP contribution in [-0.2, 0) is 6.61 Å². The van der Waals surface area contributed by atoms with E-state index >= 15 is 0 Å². The fourth-order valence-corrected chi connectivity index (χ4v) is 1.44. The van der Waals surface area contributed by atoms with Crippen molar-refractivity contribution in [3.8, 4) is 5.75 Å². The molecule has 2 aromatic heterocycles. The van der Waals surface area contributed by atoms with Crippen LogP contribution >= 0.6 is 0 Å². The van der Waals surface area contributed by atoms with E-state index in [0.29, 0.717) is 0 Å². The van der Waals surface area contributed by atoms with Crippen LogP contribution < -0.4 is 0 Å². The van der Waals surface area contributed by atoms with Gasteiger partial charge in [0, 0.05) is 6.20 Å². The van der Waals surface area contributed by atoms with E-state index in [-0.39, 0.29) is 22.8 Å². The van der Waals surface area contributed by atoms with Gasteiger partial charge in [0.05, 0.1) is 0 Å². The van der Waals surface area contributed by atoms with Gasteiger partial charge in [-0.1, -0.05) is 0 Å². The molecule has 0 atom stereocenters. The molecular formula is C9H8N2O4. The molecule has 0 unspecified atom stereocenters. The third kappa shape index (κ3) is 1.31. The molecule has 2 aromatic rings. The quantitative estimate of drug-likeness (QED) is 0.656. The second kappa shape index (κ2) is 3.25. The summed E-state index contributed by atoms with van der Waals surface area (Å²) in [7, 11) is 0. The van der Waals surface area contributed by atoms with Crippen molar-refractivity contribution in [3.05, 3.63) is 29.8 Å². The Morgan fingerprint density at radius 2 is 2.27 bits per heavy atom. The smallest absolute Gasteiger partial charge is 0.356 e. The van der Waals surface area contributed by atoms with Gasteiger partial charge in [-0.15, -0.1) is 0 Å². The monoisotopic (exact) mass is 208 g/mol. The molecule has 0 aromatic carbocycles. The molecule has 2 rings (SSSR count). The fraction of sp³-hybridized carbons (Fsp3) is 0.111. The van der Waals surface area contributed by atoms with Crippen LogP contribution in [0.3, 0.4) is 0 Å². The predicted octanol–water partition coefficient (Wildman–Crippen LogP) is 0.230. The molecule has 0 saturated carbocycles. The highest BCUT2D eigenvalue weighted by atomic mass is 16.4. The van der Waals surface area contributed by atoms with Crippen molar-refractivity contribution in [2.45, 2.75) is 6.61 Å². The summed E-state index contributed by atoms with van der Waals surface area (Å²) in [6, 6.07) is 2.90. The molecule has 2 heterocycles. The van der Waals surface area contributed by atoms with Crippen LogP contribution in [-0.4, -0.2) is 30.7 Å². The van der Waals surface area contributed by atoms with Gasteiger partial charge in [-0.25, -0.2) is 9.78 Å². The highest BCUT2D eigenvalue weighted by Crippen LogP contribution is 2.23. The van der Waals surface area contributed by atoms with E-state index in [1.54, 1.807) is 0 Å². The Morgan fingerprint density at radius 3 is 2.87 bits per heavy atom. The van der Waals surface area contributed by atoms with E-state index in [9.17, 15) is 9.90 Å². The number of carboxylic acids is 1. The zero-order valence-electron chi connectivity index (χ0n) is 7.58. The van der Waals surface area contributed by atoms with Gasteiger partial charge in [0.25, 0.3) is 0 Å². The van der Waals surface area contributed by atoms with Crippen LogP contribution in [0.1, 0.15) is 16.3 Å². The maximum absolute atomic E-state index is 10.8. The number of aliphatic hydroxyl groups is 1. The highest BCUT2D eigenvalue weighted by Gasteiger charge is 2.18. The third-order valence-electron chi connectivity index (χ3n) is 2.06. The third-order valence-corrected chi connectivity index (χ3v) is 2.06. The lowest BCUT2D eigenvalue weighted by molar-refractivity contribution is 0.0692. The zero-order chi connectivity index (χ0) is 11.0. The first-order chi connectivity index (χ1) is 7.15. The molecule has 0 saturated heterocycles. The van der Waals surface area contributed by atoms with E-state index in [1.165, 1.54) is 22.7 Å². The van der Waals surface area contributed by atoms with Gasteiger partial charge in [-0.3, -0.25) is 4.40 Å². The SMILES string of the molecule is O=C(O)c1nc(CO)n2cccc(O)c12. The molecule has 3 N–H and O–H groups in total. The number of nitrogens with zero attached hydrogens (tertiary/aromatic N) is 2. The maximum Gasteiger partial charge on any atom is 0.356 e. The van der Waals surface area contributed by atoms with Crippen LogP contribution in [0.2, 0.25) is 0 Å². The minimum absolute atomic E-state index is 0.0917. The van der Waals surface area contributed by atoms with E-state index in [2.05, 4.69) is 4.98 Å². The Morgan fingerprint density at radius 1 is 1.53 bits per heavy atom. The van der Waals surface area contributed by atoms with E-state index in [1.807, 2.05) is 0 Å². The molecule has 0 aliphatic rings. The molecular weight excluding hydrogens is 200 g/mol. The molecule has 0 amide bonds. The molecule has 0 bridgehead atoms. The van der Waals surface area contributed by atoms with Crippen LogP contribution in [0.15, 0.2) is 18.3 Å². The van der Waals surface area contributed by atoms with Crippen molar-refractivity contribution >= 4 is 11.5 Å². The average Bonchev–Trinajstić information content (AvgIpc) is 2.58.